The number of rotatable bonds is 1. The molecule has 0 aliphatic carbocycles. The van der Waals surface area contributed by atoms with Crippen LogP contribution in [0.4, 0.5) is 9.59 Å². The minimum Gasteiger partial charge on any atom is -0.321 e. The normalized spacial score (nSPS) is 17.8. The second-order valence-corrected chi connectivity index (χ2v) is 4.97. The van der Waals surface area contributed by atoms with Crippen molar-refractivity contribution in [3.63, 3.8) is 0 Å². The molecule has 2 saturated heterocycles. The topological polar surface area (TPSA) is 64.2 Å². The van der Waals surface area contributed by atoms with E-state index in [4.69, 9.17) is 0 Å². The lowest BCUT2D eigenvalue weighted by Crippen LogP contribution is -2.29. The van der Waals surface area contributed by atoms with Crippen LogP contribution in [0.3, 0.4) is 0 Å². The maximum absolute atomic E-state index is 11.0. The lowest BCUT2D eigenvalue weighted by atomic mass is 10.5. The third-order valence-corrected chi connectivity index (χ3v) is 3.54. The highest BCUT2D eigenvalue weighted by Gasteiger charge is 2.31. The number of urea groups is 2. The molecule has 0 radical (unpaired) electrons. The Bertz CT molecular complexity index is 428. The van der Waals surface area contributed by atoms with Crippen molar-refractivity contribution in [1.82, 2.24) is 19.6 Å². The molecule has 5 amide bonds. The molecule has 0 bridgehead atoms. The lowest BCUT2D eigenvalue weighted by molar-refractivity contribution is -0.124. The van der Waals surface area contributed by atoms with E-state index in [-0.39, 0.29) is 24.5 Å². The van der Waals surface area contributed by atoms with Crippen molar-refractivity contribution in [3.05, 3.63) is 0 Å². The van der Waals surface area contributed by atoms with Crippen LogP contribution >= 0.6 is 8.86 Å². The van der Waals surface area contributed by atoms with Crippen LogP contribution in [-0.4, -0.2) is 83.8 Å². The Hall–Kier alpha value is -1.62. The first-order chi connectivity index (χ1) is 9.79. The molecule has 0 N–H and O–H groups in total. The molecular weight excluding hydrogens is 291 g/mol. The molecule has 2 fully saturated rings. The minimum atomic E-state index is -0.187. The third-order valence-electron chi connectivity index (χ3n) is 3.04. The van der Waals surface area contributed by atoms with Crippen molar-refractivity contribution in [3.8, 4) is 0 Å². The number of likely N-dealkylation sites (N-methyl/N-ethyl adjacent to an activating group) is 4. The van der Waals surface area contributed by atoms with E-state index < -0.39 is 0 Å². The van der Waals surface area contributed by atoms with Crippen LogP contribution in [0, 0.1) is 0 Å². The first-order valence-corrected chi connectivity index (χ1v) is 7.41. The monoisotopic (exact) mass is 316 g/mol. The first kappa shape index (κ1) is 19.4. The molecule has 8 heteroatoms. The summed E-state index contributed by atoms with van der Waals surface area (Å²) in [5, 5.41) is 0. The number of nitrogens with zero attached hydrogens (tertiary/aromatic N) is 4. The van der Waals surface area contributed by atoms with Gasteiger partial charge in [-0.25, -0.2) is 9.59 Å². The van der Waals surface area contributed by atoms with Gasteiger partial charge in [-0.3, -0.25) is 14.6 Å². The second kappa shape index (κ2) is 8.62. The van der Waals surface area contributed by atoms with Gasteiger partial charge in [-0.05, 0) is 6.92 Å². The summed E-state index contributed by atoms with van der Waals surface area (Å²) in [6.45, 7) is 7.39. The largest absolute Gasteiger partial charge is 0.326 e. The summed E-state index contributed by atoms with van der Waals surface area (Å²) in [7, 11) is 8.33. The van der Waals surface area contributed by atoms with Gasteiger partial charge in [0.05, 0.1) is 12.0 Å². The van der Waals surface area contributed by atoms with Crippen LogP contribution in [0.25, 0.3) is 0 Å². The summed E-state index contributed by atoms with van der Waals surface area (Å²) in [5.41, 5.74) is 0.919. The fraction of sp³-hybridized carbons (Fsp3) is 0.692. The summed E-state index contributed by atoms with van der Waals surface area (Å²) in [6.07, 6.45) is 0. The molecule has 0 aromatic carbocycles. The van der Waals surface area contributed by atoms with Crippen LogP contribution in [-0.2, 0) is 4.79 Å². The zero-order valence-corrected chi connectivity index (χ0v) is 14.6. The summed E-state index contributed by atoms with van der Waals surface area (Å²) >= 11 is 0. The average molecular weight is 316 g/mol. The van der Waals surface area contributed by atoms with Crippen molar-refractivity contribution in [2.24, 2.45) is 0 Å². The zero-order valence-electron chi connectivity index (χ0n) is 13.6. The molecule has 2 aliphatic rings. The smallest absolute Gasteiger partial charge is 0.321 e. The summed E-state index contributed by atoms with van der Waals surface area (Å²) in [4.78, 5) is 38.6. The molecule has 120 valence electrons. The van der Waals surface area contributed by atoms with Gasteiger partial charge in [-0.1, -0.05) is 22.7 Å². The van der Waals surface area contributed by atoms with E-state index in [1.165, 1.54) is 11.9 Å². The number of carbonyl (C=O) groups excluding carboxylic acids is 3. The Balaban J connectivity index is 0.000000342. The third kappa shape index (κ3) is 4.70. The number of hydrogen-bond acceptors (Lipinski definition) is 3. The van der Waals surface area contributed by atoms with Crippen LogP contribution in [0.2, 0.25) is 0 Å². The molecule has 0 saturated carbocycles. The molecule has 2 heterocycles. The lowest BCUT2D eigenvalue weighted by Gasteiger charge is -2.10. The van der Waals surface area contributed by atoms with Gasteiger partial charge in [-0.2, -0.15) is 0 Å². The van der Waals surface area contributed by atoms with E-state index in [9.17, 15) is 14.4 Å². The predicted octanol–water partition coefficient (Wildman–Crippen LogP) is 1.18. The van der Waals surface area contributed by atoms with Gasteiger partial charge in [-0.15, -0.1) is 0 Å². The minimum absolute atomic E-state index is 0.0417. The van der Waals surface area contributed by atoms with Gasteiger partial charge in [0, 0.05) is 27.7 Å². The SMILES string of the molecule is CC.CCN1CC(=O)N(C)C1=O.CN1CC(=P)N(C)C1=O. The molecule has 0 aromatic rings. The first-order valence-electron chi connectivity index (χ1n) is 6.91. The number of hydrogen-bond donors (Lipinski definition) is 0. The quantitative estimate of drug-likeness (QED) is 0.539. The Kier molecular flexibility index (Phi) is 7.95. The Morgan fingerprint density at radius 3 is 1.62 bits per heavy atom. The average Bonchev–Trinajstić information content (AvgIpc) is 2.86. The number of amides is 5. The zero-order chi connectivity index (χ0) is 16.7. The molecular formula is C13H25N4O3P. The van der Waals surface area contributed by atoms with Gasteiger partial charge in [0.25, 0.3) is 0 Å². The van der Waals surface area contributed by atoms with E-state index in [0.29, 0.717) is 13.1 Å². The van der Waals surface area contributed by atoms with E-state index in [1.54, 1.807) is 23.9 Å². The highest BCUT2D eigenvalue weighted by molar-refractivity contribution is 7.21. The van der Waals surface area contributed by atoms with E-state index in [1.807, 2.05) is 20.8 Å². The van der Waals surface area contributed by atoms with Crippen LogP contribution in [0.15, 0.2) is 0 Å². The molecule has 21 heavy (non-hydrogen) atoms. The standard InChI is InChI=1S/C6H10N2O2.C5H9N2OP.C2H6/c1-3-8-4-5(9)7(2)6(8)10;1-6-3-4(9)7(2)5(6)8;1-2/h3-4H2,1-2H3;9H,3H2,1-2H3;1-2H3. The molecule has 2 aliphatic heterocycles. The van der Waals surface area contributed by atoms with Crippen LogP contribution < -0.4 is 0 Å². The van der Waals surface area contributed by atoms with E-state index in [0.717, 1.165) is 10.3 Å². The van der Waals surface area contributed by atoms with Gasteiger partial charge >= 0.3 is 12.1 Å². The van der Waals surface area contributed by atoms with E-state index >= 15 is 0 Å². The molecule has 0 spiro atoms. The number of carbonyl (C=O) groups is 3. The second-order valence-electron chi connectivity index (χ2n) is 4.39. The van der Waals surface area contributed by atoms with Crippen molar-refractivity contribution < 1.29 is 14.4 Å². The summed E-state index contributed by atoms with van der Waals surface area (Å²) < 4.78 is 0. The molecule has 0 unspecified atom stereocenters. The van der Waals surface area contributed by atoms with Crippen molar-refractivity contribution in [1.29, 1.82) is 0 Å². The molecule has 0 aromatic heterocycles. The summed E-state index contributed by atoms with van der Waals surface area (Å²) in [5.74, 6) is -0.119. The highest BCUT2D eigenvalue weighted by Crippen LogP contribution is 2.06. The van der Waals surface area contributed by atoms with Gasteiger partial charge in [0.15, 0.2) is 0 Å². The van der Waals surface area contributed by atoms with Gasteiger partial charge in [0.2, 0.25) is 5.91 Å². The maximum Gasteiger partial charge on any atom is 0.326 e. The van der Waals surface area contributed by atoms with Gasteiger partial charge in [0.1, 0.15) is 6.54 Å². The fourth-order valence-corrected chi connectivity index (χ4v) is 2.01. The molecule has 0 atom stereocenters. The van der Waals surface area contributed by atoms with Crippen LogP contribution in [0.1, 0.15) is 20.8 Å². The van der Waals surface area contributed by atoms with Crippen molar-refractivity contribution in [2.45, 2.75) is 20.8 Å². The van der Waals surface area contributed by atoms with Crippen LogP contribution in [0.5, 0.6) is 0 Å². The molecule has 2 rings (SSSR count). The number of imide groups is 1. The Morgan fingerprint density at radius 2 is 1.48 bits per heavy atom. The van der Waals surface area contributed by atoms with Gasteiger partial charge < -0.3 is 9.80 Å². The van der Waals surface area contributed by atoms with Crippen molar-refractivity contribution in [2.75, 3.05) is 40.8 Å². The Morgan fingerprint density at radius 1 is 0.952 bits per heavy atom. The Labute approximate surface area is 128 Å². The highest BCUT2D eigenvalue weighted by atomic mass is 31.0. The predicted molar refractivity (Wildman–Crippen MR) is 85.9 cm³/mol. The summed E-state index contributed by atoms with van der Waals surface area (Å²) in [6, 6.07) is -0.146. The molecule has 7 nitrogen and oxygen atoms in total. The van der Waals surface area contributed by atoms with Crippen molar-refractivity contribution >= 4 is 32.3 Å². The maximum atomic E-state index is 11.0. The fourth-order valence-electron chi connectivity index (χ4n) is 1.67. The van der Waals surface area contributed by atoms with E-state index in [2.05, 4.69) is 8.86 Å².